The summed E-state index contributed by atoms with van der Waals surface area (Å²) >= 11 is 1.30. The molecule has 0 aliphatic carbocycles. The summed E-state index contributed by atoms with van der Waals surface area (Å²) in [5.41, 5.74) is 1.18. The van der Waals surface area contributed by atoms with E-state index in [1.54, 1.807) is 13.8 Å². The summed E-state index contributed by atoms with van der Waals surface area (Å²) in [7, 11) is -3.70. The molecule has 2 aromatic rings. The molecule has 2 aliphatic heterocycles. The maximum atomic E-state index is 13.0. The zero-order valence-corrected chi connectivity index (χ0v) is 16.7. The first-order valence-corrected chi connectivity index (χ1v) is 11.0. The minimum Gasteiger partial charge on any atom is -0.368 e. The molecule has 27 heavy (non-hydrogen) atoms. The first kappa shape index (κ1) is 18.5. The summed E-state index contributed by atoms with van der Waals surface area (Å²) < 4.78 is 37.8. The third kappa shape index (κ3) is 3.40. The molecule has 9 nitrogen and oxygen atoms in total. The van der Waals surface area contributed by atoms with Gasteiger partial charge in [-0.15, -0.1) is 11.3 Å². The van der Waals surface area contributed by atoms with Crippen molar-refractivity contribution in [2.24, 2.45) is 0 Å². The number of fused-ring (bicyclic) bond motifs is 1. The minimum absolute atomic E-state index is 0.127. The van der Waals surface area contributed by atoms with Crippen LogP contribution in [-0.4, -0.2) is 48.0 Å². The van der Waals surface area contributed by atoms with Crippen molar-refractivity contribution in [1.82, 2.24) is 14.4 Å². The Bertz CT molecular complexity index is 956. The van der Waals surface area contributed by atoms with Crippen molar-refractivity contribution in [2.75, 3.05) is 18.5 Å². The average molecular weight is 412 g/mol. The second kappa shape index (κ2) is 6.97. The van der Waals surface area contributed by atoms with Crippen LogP contribution < -0.4 is 5.32 Å². The van der Waals surface area contributed by atoms with E-state index in [0.29, 0.717) is 36.8 Å². The average Bonchev–Trinajstić information content (AvgIpc) is 3.34. The predicted molar refractivity (Wildman–Crippen MR) is 97.0 cm³/mol. The highest BCUT2D eigenvalue weighted by Gasteiger charge is 2.35. The number of nitrogens with zero attached hydrogens (tertiary/aromatic N) is 3. The normalized spacial score (nSPS) is 20.6. The van der Waals surface area contributed by atoms with Crippen LogP contribution in [0.2, 0.25) is 0 Å². The number of carbonyl (C=O) groups is 1. The van der Waals surface area contributed by atoms with Gasteiger partial charge in [0.2, 0.25) is 10.0 Å². The van der Waals surface area contributed by atoms with Crippen LogP contribution in [-0.2, 0) is 32.5 Å². The largest absolute Gasteiger partial charge is 0.368 e. The van der Waals surface area contributed by atoms with Gasteiger partial charge in [-0.1, -0.05) is 5.16 Å². The van der Waals surface area contributed by atoms with E-state index in [4.69, 9.17) is 9.26 Å². The third-order valence-electron chi connectivity index (χ3n) is 4.71. The molecule has 146 valence electrons. The molecular formula is C16H20N4O5S2. The molecule has 4 rings (SSSR count). The molecule has 2 aromatic heterocycles. The van der Waals surface area contributed by atoms with Gasteiger partial charge in [0.05, 0.1) is 12.2 Å². The van der Waals surface area contributed by atoms with Gasteiger partial charge in [0.1, 0.15) is 16.7 Å². The number of aromatic nitrogens is 2. The number of carbonyl (C=O) groups excluding carboxylic acids is 1. The van der Waals surface area contributed by atoms with Crippen LogP contribution >= 0.6 is 11.3 Å². The Balaban J connectivity index is 1.52. The van der Waals surface area contributed by atoms with Crippen LogP contribution in [0.4, 0.5) is 5.13 Å². The van der Waals surface area contributed by atoms with Crippen molar-refractivity contribution in [1.29, 1.82) is 0 Å². The van der Waals surface area contributed by atoms with Gasteiger partial charge in [0.15, 0.2) is 10.9 Å². The molecule has 4 heterocycles. The molecule has 0 unspecified atom stereocenters. The molecule has 0 bridgehead atoms. The second-order valence-corrected chi connectivity index (χ2v) is 9.58. The van der Waals surface area contributed by atoms with E-state index in [2.05, 4.69) is 15.5 Å². The van der Waals surface area contributed by atoms with E-state index in [0.717, 1.165) is 17.0 Å². The maximum Gasteiger partial charge on any atom is 0.255 e. The first-order valence-electron chi connectivity index (χ1n) is 8.70. The van der Waals surface area contributed by atoms with Crippen molar-refractivity contribution in [3.8, 4) is 0 Å². The highest BCUT2D eigenvalue weighted by atomic mass is 32.2. The number of aryl methyl sites for hydroxylation is 2. The molecule has 2 aliphatic rings. The Morgan fingerprint density at radius 3 is 2.85 bits per heavy atom. The summed E-state index contributed by atoms with van der Waals surface area (Å²) in [6.07, 6.45) is 1.65. The Morgan fingerprint density at radius 2 is 2.19 bits per heavy atom. The molecule has 1 atom stereocenters. The Kier molecular flexibility index (Phi) is 4.78. The standard InChI is InChI=1S/C16H20N4O5S2/c1-9-14(10(2)25-19-9)27(22,23)20-6-5-11-13(8-20)26-16(17-11)18-15(21)12-4-3-7-24-12/h12H,3-8H2,1-2H3,(H,17,18,21)/t12-/m0/s1. The third-order valence-corrected chi connectivity index (χ3v) is 7.80. The molecule has 11 heteroatoms. The molecule has 0 saturated carbocycles. The number of sulfonamides is 1. The van der Waals surface area contributed by atoms with Crippen molar-refractivity contribution in [2.45, 2.75) is 50.7 Å². The van der Waals surface area contributed by atoms with Gasteiger partial charge in [-0.05, 0) is 26.7 Å². The lowest BCUT2D eigenvalue weighted by Gasteiger charge is -2.25. The lowest BCUT2D eigenvalue weighted by atomic mass is 10.2. The van der Waals surface area contributed by atoms with Crippen molar-refractivity contribution >= 4 is 32.4 Å². The number of nitrogens with one attached hydrogen (secondary N) is 1. The fourth-order valence-corrected chi connectivity index (χ4v) is 6.18. The van der Waals surface area contributed by atoms with Gasteiger partial charge in [0.25, 0.3) is 5.91 Å². The van der Waals surface area contributed by atoms with E-state index < -0.39 is 16.1 Å². The van der Waals surface area contributed by atoms with Gasteiger partial charge >= 0.3 is 0 Å². The van der Waals surface area contributed by atoms with Gasteiger partial charge in [-0.25, -0.2) is 13.4 Å². The van der Waals surface area contributed by atoms with Gasteiger partial charge < -0.3 is 9.26 Å². The molecule has 0 spiro atoms. The van der Waals surface area contributed by atoms with Crippen LogP contribution in [0.3, 0.4) is 0 Å². The summed E-state index contributed by atoms with van der Waals surface area (Å²) in [6, 6.07) is 0. The number of thiazole rings is 1. The van der Waals surface area contributed by atoms with E-state index >= 15 is 0 Å². The fraction of sp³-hybridized carbons (Fsp3) is 0.562. The first-order chi connectivity index (χ1) is 12.9. The van der Waals surface area contributed by atoms with Crippen LogP contribution in [0.5, 0.6) is 0 Å². The topological polar surface area (TPSA) is 115 Å². The monoisotopic (exact) mass is 412 g/mol. The molecule has 1 fully saturated rings. The van der Waals surface area contributed by atoms with Crippen molar-refractivity contribution in [3.63, 3.8) is 0 Å². The Morgan fingerprint density at radius 1 is 1.37 bits per heavy atom. The van der Waals surface area contributed by atoms with E-state index in [1.165, 1.54) is 15.6 Å². The predicted octanol–water partition coefficient (Wildman–Crippen LogP) is 1.61. The molecule has 1 N–H and O–H groups in total. The Hall–Kier alpha value is -1.82. The number of anilines is 1. The smallest absolute Gasteiger partial charge is 0.255 e. The highest BCUT2D eigenvalue weighted by Crippen LogP contribution is 2.32. The van der Waals surface area contributed by atoms with E-state index in [1.807, 2.05) is 0 Å². The second-order valence-electron chi connectivity index (χ2n) is 6.62. The Labute approximate surface area is 160 Å². The number of rotatable bonds is 4. The zero-order valence-electron chi connectivity index (χ0n) is 15.0. The summed E-state index contributed by atoms with van der Waals surface area (Å²) in [5.74, 6) is 0.0888. The summed E-state index contributed by atoms with van der Waals surface area (Å²) in [6.45, 7) is 4.34. The molecule has 1 saturated heterocycles. The van der Waals surface area contributed by atoms with Crippen molar-refractivity contribution in [3.05, 3.63) is 22.0 Å². The van der Waals surface area contributed by atoms with Gasteiger partial charge in [-0.3, -0.25) is 10.1 Å². The lowest BCUT2D eigenvalue weighted by Crippen LogP contribution is -2.36. The molecular weight excluding hydrogens is 392 g/mol. The quantitative estimate of drug-likeness (QED) is 0.811. The van der Waals surface area contributed by atoms with Crippen LogP contribution in [0.25, 0.3) is 0 Å². The van der Waals surface area contributed by atoms with Crippen molar-refractivity contribution < 1.29 is 22.5 Å². The lowest BCUT2D eigenvalue weighted by molar-refractivity contribution is -0.124. The molecule has 1 amide bonds. The summed E-state index contributed by atoms with van der Waals surface area (Å²) in [4.78, 5) is 17.6. The van der Waals surface area contributed by atoms with Crippen LogP contribution in [0.1, 0.15) is 34.9 Å². The number of hydrogen-bond acceptors (Lipinski definition) is 8. The fourth-order valence-electron chi connectivity index (χ4n) is 3.37. The molecule has 0 aromatic carbocycles. The zero-order chi connectivity index (χ0) is 19.2. The van der Waals surface area contributed by atoms with Gasteiger partial charge in [-0.2, -0.15) is 4.31 Å². The highest BCUT2D eigenvalue weighted by molar-refractivity contribution is 7.89. The van der Waals surface area contributed by atoms with E-state index in [-0.39, 0.29) is 23.1 Å². The number of hydrogen-bond donors (Lipinski definition) is 1. The van der Waals surface area contributed by atoms with Crippen LogP contribution in [0.15, 0.2) is 9.42 Å². The van der Waals surface area contributed by atoms with E-state index in [9.17, 15) is 13.2 Å². The van der Waals surface area contributed by atoms with Crippen LogP contribution in [0, 0.1) is 13.8 Å². The molecule has 0 radical (unpaired) electrons. The number of ether oxygens (including phenoxy) is 1. The maximum absolute atomic E-state index is 13.0. The SMILES string of the molecule is Cc1noc(C)c1S(=O)(=O)N1CCc2nc(NC(=O)[C@@H]3CCCO3)sc2C1. The van der Waals surface area contributed by atoms with Gasteiger partial charge in [0, 0.05) is 24.4 Å². The minimum atomic E-state index is -3.70. The number of amides is 1. The summed E-state index contributed by atoms with van der Waals surface area (Å²) in [5, 5.41) is 7.02.